The molecule has 1 heterocycles. The molecular weight excluding hydrogens is 184 g/mol. The van der Waals surface area contributed by atoms with E-state index in [2.05, 4.69) is 36.5 Å². The van der Waals surface area contributed by atoms with Crippen molar-refractivity contribution in [1.29, 1.82) is 0 Å². The van der Waals surface area contributed by atoms with E-state index in [1.54, 1.807) is 0 Å². The lowest BCUT2D eigenvalue weighted by atomic mass is 9.97. The van der Waals surface area contributed by atoms with Gasteiger partial charge in [-0.25, -0.2) is 4.98 Å². The molecule has 0 aromatic carbocycles. The SMILES string of the molecule is CCCCC(CCC)Cn1ccnc1C. The lowest BCUT2D eigenvalue weighted by Crippen LogP contribution is -2.11. The molecule has 0 saturated heterocycles. The molecule has 2 nitrogen and oxygen atoms in total. The zero-order valence-corrected chi connectivity index (χ0v) is 10.4. The van der Waals surface area contributed by atoms with Gasteiger partial charge in [-0.3, -0.25) is 0 Å². The molecule has 0 bridgehead atoms. The molecule has 2 heteroatoms. The van der Waals surface area contributed by atoms with Crippen molar-refractivity contribution in [2.45, 2.75) is 59.4 Å². The molecule has 1 rings (SSSR count). The summed E-state index contributed by atoms with van der Waals surface area (Å²) in [5.41, 5.74) is 0. The summed E-state index contributed by atoms with van der Waals surface area (Å²) >= 11 is 0. The van der Waals surface area contributed by atoms with Crippen LogP contribution in [0.25, 0.3) is 0 Å². The van der Waals surface area contributed by atoms with Crippen molar-refractivity contribution < 1.29 is 0 Å². The van der Waals surface area contributed by atoms with Crippen LogP contribution in [0.15, 0.2) is 12.4 Å². The van der Waals surface area contributed by atoms with Gasteiger partial charge in [0.2, 0.25) is 0 Å². The van der Waals surface area contributed by atoms with E-state index in [0.717, 1.165) is 18.3 Å². The first-order valence-corrected chi connectivity index (χ1v) is 6.25. The van der Waals surface area contributed by atoms with Crippen molar-refractivity contribution in [3.05, 3.63) is 18.2 Å². The monoisotopic (exact) mass is 208 g/mol. The summed E-state index contributed by atoms with van der Waals surface area (Å²) in [7, 11) is 0. The highest BCUT2D eigenvalue weighted by Crippen LogP contribution is 2.17. The van der Waals surface area contributed by atoms with Gasteiger partial charge in [0.1, 0.15) is 5.82 Å². The quantitative estimate of drug-likeness (QED) is 0.666. The standard InChI is InChI=1S/C13H24N2/c1-4-6-8-13(7-5-2)11-15-10-9-14-12(15)3/h9-10,13H,4-8,11H2,1-3H3. The third kappa shape index (κ3) is 4.06. The minimum Gasteiger partial charge on any atom is -0.335 e. The molecule has 1 unspecified atom stereocenters. The van der Waals surface area contributed by atoms with Crippen molar-refractivity contribution in [3.63, 3.8) is 0 Å². The molecular formula is C13H24N2. The molecule has 0 amide bonds. The van der Waals surface area contributed by atoms with Gasteiger partial charge < -0.3 is 4.57 Å². The number of hydrogen-bond donors (Lipinski definition) is 0. The van der Waals surface area contributed by atoms with E-state index in [9.17, 15) is 0 Å². The van der Waals surface area contributed by atoms with Gasteiger partial charge in [-0.2, -0.15) is 0 Å². The van der Waals surface area contributed by atoms with Gasteiger partial charge in [0.05, 0.1) is 0 Å². The van der Waals surface area contributed by atoms with Gasteiger partial charge in [-0.15, -0.1) is 0 Å². The molecule has 1 atom stereocenters. The number of imidazole rings is 1. The highest BCUT2D eigenvalue weighted by molar-refractivity contribution is 4.88. The van der Waals surface area contributed by atoms with Crippen LogP contribution in [-0.4, -0.2) is 9.55 Å². The van der Waals surface area contributed by atoms with Gasteiger partial charge >= 0.3 is 0 Å². The fourth-order valence-electron chi connectivity index (χ4n) is 2.10. The third-order valence-corrected chi connectivity index (χ3v) is 3.04. The first kappa shape index (κ1) is 12.3. The summed E-state index contributed by atoms with van der Waals surface area (Å²) in [6.45, 7) is 7.79. The van der Waals surface area contributed by atoms with Crippen molar-refractivity contribution in [3.8, 4) is 0 Å². The maximum absolute atomic E-state index is 4.27. The number of aromatic nitrogens is 2. The number of nitrogens with zero attached hydrogens (tertiary/aromatic N) is 2. The van der Waals surface area contributed by atoms with Crippen LogP contribution < -0.4 is 0 Å². The van der Waals surface area contributed by atoms with Crippen LogP contribution in [0, 0.1) is 12.8 Å². The third-order valence-electron chi connectivity index (χ3n) is 3.04. The van der Waals surface area contributed by atoms with Crippen LogP contribution in [0.1, 0.15) is 51.8 Å². The number of unbranched alkanes of at least 4 members (excludes halogenated alkanes) is 1. The minimum atomic E-state index is 0.836. The number of rotatable bonds is 7. The van der Waals surface area contributed by atoms with Gasteiger partial charge in [0, 0.05) is 18.9 Å². The largest absolute Gasteiger partial charge is 0.335 e. The molecule has 0 aliphatic heterocycles. The Labute approximate surface area is 93.7 Å². The van der Waals surface area contributed by atoms with Crippen LogP contribution in [0.2, 0.25) is 0 Å². The van der Waals surface area contributed by atoms with Crippen molar-refractivity contribution >= 4 is 0 Å². The molecule has 86 valence electrons. The topological polar surface area (TPSA) is 17.8 Å². The summed E-state index contributed by atoms with van der Waals surface area (Å²) < 4.78 is 2.29. The van der Waals surface area contributed by atoms with Crippen LogP contribution >= 0.6 is 0 Å². The Balaban J connectivity index is 2.46. The van der Waals surface area contributed by atoms with E-state index in [4.69, 9.17) is 0 Å². The summed E-state index contributed by atoms with van der Waals surface area (Å²) in [6.07, 6.45) is 10.7. The van der Waals surface area contributed by atoms with Gasteiger partial charge in [0.15, 0.2) is 0 Å². The Hall–Kier alpha value is -0.790. The van der Waals surface area contributed by atoms with Crippen LogP contribution in [0.4, 0.5) is 0 Å². The molecule has 15 heavy (non-hydrogen) atoms. The lowest BCUT2D eigenvalue weighted by Gasteiger charge is -2.17. The number of hydrogen-bond acceptors (Lipinski definition) is 1. The number of aryl methyl sites for hydroxylation is 1. The van der Waals surface area contributed by atoms with Gasteiger partial charge in [0.25, 0.3) is 0 Å². The fourth-order valence-corrected chi connectivity index (χ4v) is 2.10. The highest BCUT2D eigenvalue weighted by atomic mass is 15.1. The first-order chi connectivity index (χ1) is 7.27. The summed E-state index contributed by atoms with van der Waals surface area (Å²) in [4.78, 5) is 4.27. The lowest BCUT2D eigenvalue weighted by molar-refractivity contribution is 0.370. The molecule has 0 saturated carbocycles. The highest BCUT2D eigenvalue weighted by Gasteiger charge is 2.09. The second kappa shape index (κ2) is 6.65. The van der Waals surface area contributed by atoms with Crippen molar-refractivity contribution in [1.82, 2.24) is 9.55 Å². The molecule has 1 aromatic rings. The van der Waals surface area contributed by atoms with E-state index in [1.165, 1.54) is 32.1 Å². The predicted octanol–water partition coefficient (Wildman–Crippen LogP) is 3.80. The molecule has 0 aliphatic carbocycles. The predicted molar refractivity (Wildman–Crippen MR) is 64.9 cm³/mol. The van der Waals surface area contributed by atoms with E-state index in [-0.39, 0.29) is 0 Å². The van der Waals surface area contributed by atoms with Crippen LogP contribution in [0.5, 0.6) is 0 Å². The van der Waals surface area contributed by atoms with E-state index < -0.39 is 0 Å². The summed E-state index contributed by atoms with van der Waals surface area (Å²) in [5.74, 6) is 1.98. The fraction of sp³-hybridized carbons (Fsp3) is 0.769. The first-order valence-electron chi connectivity index (χ1n) is 6.25. The molecule has 0 spiro atoms. The molecule has 0 radical (unpaired) electrons. The molecule has 0 aliphatic rings. The second-order valence-corrected chi connectivity index (χ2v) is 4.42. The Morgan fingerprint density at radius 2 is 2.07 bits per heavy atom. The summed E-state index contributed by atoms with van der Waals surface area (Å²) in [5, 5.41) is 0. The van der Waals surface area contributed by atoms with Crippen molar-refractivity contribution in [2.75, 3.05) is 0 Å². The van der Waals surface area contributed by atoms with Crippen LogP contribution in [0.3, 0.4) is 0 Å². The Morgan fingerprint density at radius 3 is 2.60 bits per heavy atom. The van der Waals surface area contributed by atoms with E-state index in [1.807, 2.05) is 6.20 Å². The Bertz CT molecular complexity index is 265. The smallest absolute Gasteiger partial charge is 0.105 e. The van der Waals surface area contributed by atoms with E-state index >= 15 is 0 Å². The average molecular weight is 208 g/mol. The maximum Gasteiger partial charge on any atom is 0.105 e. The zero-order chi connectivity index (χ0) is 11.1. The van der Waals surface area contributed by atoms with Gasteiger partial charge in [-0.1, -0.05) is 33.1 Å². The summed E-state index contributed by atoms with van der Waals surface area (Å²) in [6, 6.07) is 0. The normalized spacial score (nSPS) is 13.0. The zero-order valence-electron chi connectivity index (χ0n) is 10.4. The minimum absolute atomic E-state index is 0.836. The molecule has 0 fully saturated rings. The van der Waals surface area contributed by atoms with Crippen molar-refractivity contribution in [2.24, 2.45) is 5.92 Å². The van der Waals surface area contributed by atoms with Gasteiger partial charge in [-0.05, 0) is 25.7 Å². The molecule has 0 N–H and O–H groups in total. The Morgan fingerprint density at radius 1 is 1.27 bits per heavy atom. The molecule has 1 aromatic heterocycles. The van der Waals surface area contributed by atoms with E-state index in [0.29, 0.717) is 0 Å². The maximum atomic E-state index is 4.27. The Kier molecular flexibility index (Phi) is 5.44. The van der Waals surface area contributed by atoms with Crippen LogP contribution in [-0.2, 0) is 6.54 Å². The second-order valence-electron chi connectivity index (χ2n) is 4.42. The average Bonchev–Trinajstić information content (AvgIpc) is 2.61.